The predicted molar refractivity (Wildman–Crippen MR) is 116 cm³/mol. The average molecular weight is 459 g/mol. The van der Waals surface area contributed by atoms with Crippen molar-refractivity contribution in [2.45, 2.75) is 13.8 Å². The lowest BCUT2D eigenvalue weighted by Gasteiger charge is -2.18. The molecular formula is C22H23BrN2O4. The Morgan fingerprint density at radius 1 is 1.07 bits per heavy atom. The number of ether oxygens (including phenoxy) is 1. The Morgan fingerprint density at radius 2 is 1.76 bits per heavy atom. The summed E-state index contributed by atoms with van der Waals surface area (Å²) in [6, 6.07) is 14.0. The molecule has 2 aromatic rings. The van der Waals surface area contributed by atoms with Crippen molar-refractivity contribution < 1.29 is 19.1 Å². The maximum Gasteiger partial charge on any atom is 0.331 e. The topological polar surface area (TPSA) is 75.7 Å². The summed E-state index contributed by atoms with van der Waals surface area (Å²) in [4.78, 5) is 37.7. The normalized spacial score (nSPS) is 10.6. The number of carbonyl (C=O) groups excluding carboxylic acids is 3. The fourth-order valence-electron chi connectivity index (χ4n) is 2.55. The van der Waals surface area contributed by atoms with Crippen molar-refractivity contribution in [3.63, 3.8) is 0 Å². The first-order valence-electron chi connectivity index (χ1n) is 9.22. The summed E-state index contributed by atoms with van der Waals surface area (Å²) >= 11 is 3.35. The molecule has 0 fully saturated rings. The van der Waals surface area contributed by atoms with Gasteiger partial charge in [0, 0.05) is 34.9 Å². The average Bonchev–Trinajstić information content (AvgIpc) is 2.72. The molecule has 1 N–H and O–H groups in total. The molecule has 6 nitrogen and oxygen atoms in total. The number of nitrogens with zero attached hydrogens (tertiary/aromatic N) is 1. The highest BCUT2D eigenvalue weighted by Gasteiger charge is 2.12. The third-order valence-corrected chi connectivity index (χ3v) is 4.57. The molecule has 0 aliphatic rings. The molecular weight excluding hydrogens is 436 g/mol. The molecule has 0 atom stereocenters. The lowest BCUT2D eigenvalue weighted by molar-refractivity contribution is -0.142. The zero-order valence-corrected chi connectivity index (χ0v) is 17.9. The Labute approximate surface area is 178 Å². The summed E-state index contributed by atoms with van der Waals surface area (Å²) in [6.45, 7) is 4.71. The second-order valence-electron chi connectivity index (χ2n) is 6.10. The van der Waals surface area contributed by atoms with Gasteiger partial charge in [0.1, 0.15) is 0 Å². The van der Waals surface area contributed by atoms with Crippen molar-refractivity contribution in [1.29, 1.82) is 0 Å². The Morgan fingerprint density at radius 3 is 2.38 bits per heavy atom. The van der Waals surface area contributed by atoms with Gasteiger partial charge in [-0.25, -0.2) is 4.79 Å². The van der Waals surface area contributed by atoms with E-state index in [1.54, 1.807) is 35.2 Å². The van der Waals surface area contributed by atoms with E-state index in [2.05, 4.69) is 21.2 Å². The molecule has 7 heteroatoms. The van der Waals surface area contributed by atoms with Gasteiger partial charge in [-0.1, -0.05) is 28.1 Å². The van der Waals surface area contributed by atoms with E-state index in [1.165, 1.54) is 6.08 Å². The van der Waals surface area contributed by atoms with E-state index in [0.717, 1.165) is 10.0 Å². The van der Waals surface area contributed by atoms with E-state index in [1.807, 2.05) is 38.1 Å². The quantitative estimate of drug-likeness (QED) is 0.476. The molecule has 0 aliphatic heterocycles. The minimum absolute atomic E-state index is 0.0564. The van der Waals surface area contributed by atoms with E-state index < -0.39 is 18.5 Å². The monoisotopic (exact) mass is 458 g/mol. The van der Waals surface area contributed by atoms with Crippen molar-refractivity contribution >= 4 is 45.5 Å². The molecule has 152 valence electrons. The number of benzene rings is 2. The number of halogens is 1. The van der Waals surface area contributed by atoms with Crippen molar-refractivity contribution in [3.8, 4) is 0 Å². The maximum absolute atomic E-state index is 12.3. The maximum atomic E-state index is 12.3. The van der Waals surface area contributed by atoms with Crippen molar-refractivity contribution in [3.05, 3.63) is 70.2 Å². The Hall–Kier alpha value is -2.93. The molecule has 2 amide bonds. The third kappa shape index (κ3) is 7.19. The number of nitrogens with one attached hydrogen (secondary N) is 1. The molecule has 0 radical (unpaired) electrons. The van der Waals surface area contributed by atoms with Crippen LogP contribution in [0.1, 0.15) is 29.8 Å². The van der Waals surface area contributed by atoms with Crippen LogP contribution in [0.2, 0.25) is 0 Å². The van der Waals surface area contributed by atoms with Crippen LogP contribution in [0.5, 0.6) is 0 Å². The third-order valence-electron chi connectivity index (χ3n) is 4.07. The SMILES string of the molecule is CCN(CC)C(=O)c1ccc(NC(=O)COC(=O)/C=C/c2cccc(Br)c2)cc1. The number of anilines is 1. The molecule has 0 aliphatic carbocycles. The molecule has 2 aromatic carbocycles. The van der Waals surface area contributed by atoms with Crippen LogP contribution < -0.4 is 5.32 Å². The summed E-state index contributed by atoms with van der Waals surface area (Å²) in [5.41, 5.74) is 1.91. The lowest BCUT2D eigenvalue weighted by Crippen LogP contribution is -2.30. The minimum atomic E-state index is -0.611. The summed E-state index contributed by atoms with van der Waals surface area (Å²) in [5, 5.41) is 2.63. The second-order valence-corrected chi connectivity index (χ2v) is 7.01. The first-order chi connectivity index (χ1) is 13.9. The fraction of sp³-hybridized carbons (Fsp3) is 0.227. The molecule has 0 saturated heterocycles. The van der Waals surface area contributed by atoms with Gasteiger partial charge in [0.25, 0.3) is 11.8 Å². The van der Waals surface area contributed by atoms with Crippen molar-refractivity contribution in [1.82, 2.24) is 4.90 Å². The minimum Gasteiger partial charge on any atom is -0.452 e. The second kappa shape index (κ2) is 11.2. The van der Waals surface area contributed by atoms with E-state index in [4.69, 9.17) is 4.74 Å². The first-order valence-corrected chi connectivity index (χ1v) is 10.0. The van der Waals surface area contributed by atoms with E-state index in [-0.39, 0.29) is 5.91 Å². The van der Waals surface area contributed by atoms with Gasteiger partial charge in [0.15, 0.2) is 6.61 Å². The van der Waals surface area contributed by atoms with Crippen LogP contribution in [-0.2, 0) is 14.3 Å². The van der Waals surface area contributed by atoms with Crippen LogP contribution in [0.15, 0.2) is 59.1 Å². The smallest absolute Gasteiger partial charge is 0.331 e. The van der Waals surface area contributed by atoms with Gasteiger partial charge in [-0.3, -0.25) is 9.59 Å². The Kier molecular flexibility index (Phi) is 8.61. The van der Waals surface area contributed by atoms with Crippen LogP contribution in [0.25, 0.3) is 6.08 Å². The summed E-state index contributed by atoms with van der Waals surface area (Å²) in [6.07, 6.45) is 2.87. The van der Waals surface area contributed by atoms with Crippen LogP contribution >= 0.6 is 15.9 Å². The highest BCUT2D eigenvalue weighted by Crippen LogP contribution is 2.13. The van der Waals surface area contributed by atoms with Crippen molar-refractivity contribution in [2.75, 3.05) is 25.0 Å². The fourth-order valence-corrected chi connectivity index (χ4v) is 2.96. The number of carbonyl (C=O) groups is 3. The number of amides is 2. The molecule has 2 rings (SSSR count). The van der Waals surface area contributed by atoms with Crippen LogP contribution in [0.4, 0.5) is 5.69 Å². The zero-order chi connectivity index (χ0) is 21.2. The number of esters is 1. The van der Waals surface area contributed by atoms with Crippen LogP contribution in [0.3, 0.4) is 0 Å². The standard InChI is InChI=1S/C22H23BrN2O4/c1-3-25(4-2)22(28)17-9-11-19(12-10-17)24-20(26)15-29-21(27)13-8-16-6-5-7-18(23)14-16/h5-14H,3-4,15H2,1-2H3,(H,24,26)/b13-8+. The van der Waals surface area contributed by atoms with Crippen molar-refractivity contribution in [2.24, 2.45) is 0 Å². The van der Waals surface area contributed by atoms with Gasteiger partial charge < -0.3 is 15.0 Å². The highest BCUT2D eigenvalue weighted by atomic mass is 79.9. The number of rotatable bonds is 8. The molecule has 0 bridgehead atoms. The van der Waals surface area contributed by atoms with Gasteiger partial charge in [-0.15, -0.1) is 0 Å². The molecule has 0 aromatic heterocycles. The summed E-state index contributed by atoms with van der Waals surface area (Å²) in [5.74, 6) is -1.13. The largest absolute Gasteiger partial charge is 0.452 e. The van der Waals surface area contributed by atoms with Crippen LogP contribution in [0, 0.1) is 0 Å². The molecule has 0 heterocycles. The molecule has 0 spiro atoms. The number of hydrogen-bond donors (Lipinski definition) is 1. The Bertz CT molecular complexity index is 890. The van der Waals surface area contributed by atoms with Crippen LogP contribution in [-0.4, -0.2) is 42.4 Å². The van der Waals surface area contributed by atoms with Gasteiger partial charge in [0.05, 0.1) is 0 Å². The van der Waals surface area contributed by atoms with Gasteiger partial charge in [-0.2, -0.15) is 0 Å². The van der Waals surface area contributed by atoms with E-state index in [0.29, 0.717) is 24.3 Å². The van der Waals surface area contributed by atoms with E-state index in [9.17, 15) is 14.4 Å². The number of hydrogen-bond acceptors (Lipinski definition) is 4. The molecule has 0 unspecified atom stereocenters. The van der Waals surface area contributed by atoms with Gasteiger partial charge >= 0.3 is 5.97 Å². The summed E-state index contributed by atoms with van der Waals surface area (Å²) < 4.78 is 5.84. The van der Waals surface area contributed by atoms with Gasteiger partial charge in [0.2, 0.25) is 0 Å². The predicted octanol–water partition coefficient (Wildman–Crippen LogP) is 4.13. The molecule has 29 heavy (non-hydrogen) atoms. The molecule has 0 saturated carbocycles. The lowest BCUT2D eigenvalue weighted by atomic mass is 10.2. The zero-order valence-electron chi connectivity index (χ0n) is 16.4. The highest BCUT2D eigenvalue weighted by molar-refractivity contribution is 9.10. The first kappa shape index (κ1) is 22.4. The van der Waals surface area contributed by atoms with Gasteiger partial charge in [-0.05, 0) is 61.9 Å². The Balaban J connectivity index is 1.83. The summed E-state index contributed by atoms with van der Waals surface area (Å²) in [7, 11) is 0. The van der Waals surface area contributed by atoms with E-state index >= 15 is 0 Å².